The number of hydrogen-bond acceptors (Lipinski definition) is 3. The molecule has 0 aliphatic rings. The van der Waals surface area contributed by atoms with Crippen molar-refractivity contribution in [1.29, 1.82) is 0 Å². The second kappa shape index (κ2) is 7.17. The van der Waals surface area contributed by atoms with E-state index in [1.807, 2.05) is 6.92 Å². The fourth-order valence-electron chi connectivity index (χ4n) is 1.06. The zero-order valence-corrected chi connectivity index (χ0v) is 9.65. The third-order valence-electron chi connectivity index (χ3n) is 1.90. The summed E-state index contributed by atoms with van der Waals surface area (Å²) in [5.41, 5.74) is 0. The zero-order valence-electron chi connectivity index (χ0n) is 8.83. The van der Waals surface area contributed by atoms with Gasteiger partial charge in [0.25, 0.3) is 10.1 Å². The van der Waals surface area contributed by atoms with Gasteiger partial charge in [0.2, 0.25) is 0 Å². The third kappa shape index (κ3) is 9.92. The molecule has 0 heterocycles. The normalized spacial score (nSPS) is 14.2. The van der Waals surface area contributed by atoms with Crippen LogP contribution in [0, 0.1) is 0 Å². The lowest BCUT2D eigenvalue weighted by Crippen LogP contribution is -2.04. The highest BCUT2D eigenvalue weighted by Gasteiger charge is 2.03. The number of halogens is 1. The largest absolute Gasteiger partial charge is 0.270 e. The number of hydrogen-bond donors (Lipinski definition) is 0. The van der Waals surface area contributed by atoms with Crippen LogP contribution in [0.3, 0.4) is 0 Å². The Morgan fingerprint density at radius 1 is 1.29 bits per heavy atom. The van der Waals surface area contributed by atoms with Crippen molar-refractivity contribution >= 4 is 10.1 Å². The maximum Gasteiger partial charge on any atom is 0.264 e. The predicted molar refractivity (Wildman–Crippen MR) is 54.5 cm³/mol. The number of rotatable bonds is 8. The molecule has 0 amide bonds. The first kappa shape index (κ1) is 13.8. The van der Waals surface area contributed by atoms with E-state index < -0.39 is 16.3 Å². The molecule has 0 bridgehead atoms. The first-order valence-corrected chi connectivity index (χ1v) is 6.76. The van der Waals surface area contributed by atoms with Crippen molar-refractivity contribution < 1.29 is 17.0 Å². The van der Waals surface area contributed by atoms with E-state index in [1.54, 1.807) is 0 Å². The van der Waals surface area contributed by atoms with Crippen LogP contribution in [0.1, 0.15) is 39.0 Å². The van der Waals surface area contributed by atoms with Gasteiger partial charge in [-0.15, -0.1) is 0 Å². The molecule has 0 aromatic carbocycles. The van der Waals surface area contributed by atoms with E-state index >= 15 is 0 Å². The molecule has 0 unspecified atom stereocenters. The van der Waals surface area contributed by atoms with E-state index in [-0.39, 0.29) is 6.61 Å². The minimum absolute atomic E-state index is 0.210. The maximum atomic E-state index is 12.7. The highest BCUT2D eigenvalue weighted by atomic mass is 32.2. The standard InChI is InChI=1S/C9H19FO3S/c1-3-9(10)7-5-4-6-8-13-14(2,11)12/h9H,3-8H2,1-2H3/t9-/m1/s1. The van der Waals surface area contributed by atoms with Crippen LogP contribution in [0.15, 0.2) is 0 Å². The first-order valence-electron chi connectivity index (χ1n) is 4.94. The van der Waals surface area contributed by atoms with Crippen molar-refractivity contribution in [3.63, 3.8) is 0 Å². The Labute approximate surface area is 85.8 Å². The topological polar surface area (TPSA) is 43.4 Å². The molecule has 0 rings (SSSR count). The van der Waals surface area contributed by atoms with Crippen LogP contribution in [0.2, 0.25) is 0 Å². The SMILES string of the molecule is CC[C@@H](F)CCCCCOS(C)(=O)=O. The third-order valence-corrected chi connectivity index (χ3v) is 2.50. The molecule has 0 saturated heterocycles. The van der Waals surface area contributed by atoms with Crippen molar-refractivity contribution in [2.75, 3.05) is 12.9 Å². The molecule has 0 aliphatic heterocycles. The monoisotopic (exact) mass is 226 g/mol. The summed E-state index contributed by atoms with van der Waals surface area (Å²) in [5, 5.41) is 0. The minimum Gasteiger partial charge on any atom is -0.270 e. The average molecular weight is 226 g/mol. The molecule has 1 atom stereocenters. The van der Waals surface area contributed by atoms with E-state index in [0.29, 0.717) is 19.3 Å². The van der Waals surface area contributed by atoms with Crippen LogP contribution in [0.4, 0.5) is 4.39 Å². The second-order valence-electron chi connectivity index (χ2n) is 3.38. The lowest BCUT2D eigenvalue weighted by molar-refractivity contribution is 0.282. The van der Waals surface area contributed by atoms with E-state index in [2.05, 4.69) is 4.18 Å². The zero-order chi connectivity index (χ0) is 11.0. The molecular formula is C9H19FO3S. The minimum atomic E-state index is -3.31. The first-order chi connectivity index (χ1) is 6.45. The van der Waals surface area contributed by atoms with E-state index in [1.165, 1.54) is 0 Å². The van der Waals surface area contributed by atoms with Crippen LogP contribution in [-0.2, 0) is 14.3 Å². The Hall–Kier alpha value is -0.160. The Kier molecular flexibility index (Phi) is 7.09. The lowest BCUT2D eigenvalue weighted by atomic mass is 10.1. The molecule has 0 N–H and O–H groups in total. The summed E-state index contributed by atoms with van der Waals surface area (Å²) in [4.78, 5) is 0. The van der Waals surface area contributed by atoms with Crippen molar-refractivity contribution in [3.8, 4) is 0 Å². The van der Waals surface area contributed by atoms with E-state index in [9.17, 15) is 12.8 Å². The van der Waals surface area contributed by atoms with Gasteiger partial charge in [0.1, 0.15) is 0 Å². The summed E-state index contributed by atoms with van der Waals surface area (Å²) in [5.74, 6) is 0. The van der Waals surface area contributed by atoms with Crippen LogP contribution in [0.25, 0.3) is 0 Å². The van der Waals surface area contributed by atoms with Gasteiger partial charge < -0.3 is 0 Å². The van der Waals surface area contributed by atoms with Gasteiger partial charge >= 0.3 is 0 Å². The Morgan fingerprint density at radius 2 is 1.93 bits per heavy atom. The van der Waals surface area contributed by atoms with Crippen LogP contribution >= 0.6 is 0 Å². The molecule has 3 nitrogen and oxygen atoms in total. The Balaban J connectivity index is 3.23. The van der Waals surface area contributed by atoms with Gasteiger partial charge in [0, 0.05) is 0 Å². The number of unbranched alkanes of at least 4 members (excludes halogenated alkanes) is 2. The Morgan fingerprint density at radius 3 is 2.43 bits per heavy atom. The lowest BCUT2D eigenvalue weighted by Gasteiger charge is -2.04. The van der Waals surface area contributed by atoms with Gasteiger partial charge in [-0.3, -0.25) is 4.18 Å². The van der Waals surface area contributed by atoms with E-state index in [0.717, 1.165) is 19.1 Å². The van der Waals surface area contributed by atoms with Crippen LogP contribution < -0.4 is 0 Å². The van der Waals surface area contributed by atoms with Crippen molar-refractivity contribution in [2.24, 2.45) is 0 Å². The van der Waals surface area contributed by atoms with E-state index in [4.69, 9.17) is 0 Å². The molecule has 0 aliphatic carbocycles. The second-order valence-corrected chi connectivity index (χ2v) is 5.02. The summed E-state index contributed by atoms with van der Waals surface area (Å²) in [6, 6.07) is 0. The fourth-order valence-corrected chi connectivity index (χ4v) is 1.48. The summed E-state index contributed by atoms with van der Waals surface area (Å²) >= 11 is 0. The number of alkyl halides is 1. The highest BCUT2D eigenvalue weighted by Crippen LogP contribution is 2.09. The molecule has 0 aromatic heterocycles. The Bertz CT molecular complexity index is 226. The molecular weight excluding hydrogens is 207 g/mol. The average Bonchev–Trinajstić information content (AvgIpc) is 2.08. The molecule has 14 heavy (non-hydrogen) atoms. The fraction of sp³-hybridized carbons (Fsp3) is 1.00. The molecule has 0 spiro atoms. The van der Waals surface area contributed by atoms with Crippen LogP contribution in [0.5, 0.6) is 0 Å². The molecule has 0 radical (unpaired) electrons. The smallest absolute Gasteiger partial charge is 0.264 e. The van der Waals surface area contributed by atoms with Gasteiger partial charge in [-0.05, 0) is 19.3 Å². The van der Waals surface area contributed by atoms with Crippen molar-refractivity contribution in [3.05, 3.63) is 0 Å². The molecule has 5 heteroatoms. The summed E-state index contributed by atoms with van der Waals surface area (Å²) in [6.07, 6.45) is 3.71. The quantitative estimate of drug-likeness (QED) is 0.471. The molecule has 86 valence electrons. The van der Waals surface area contributed by atoms with Gasteiger partial charge in [-0.2, -0.15) is 8.42 Å². The van der Waals surface area contributed by atoms with Gasteiger partial charge in [0.05, 0.1) is 19.0 Å². The molecule has 0 fully saturated rings. The van der Waals surface area contributed by atoms with Gasteiger partial charge in [-0.25, -0.2) is 4.39 Å². The molecule has 0 saturated carbocycles. The predicted octanol–water partition coefficient (Wildman–Crippen LogP) is 2.27. The maximum absolute atomic E-state index is 12.7. The van der Waals surface area contributed by atoms with Crippen molar-refractivity contribution in [1.82, 2.24) is 0 Å². The summed E-state index contributed by atoms with van der Waals surface area (Å²) in [6.45, 7) is 2.03. The molecule has 0 aromatic rings. The summed E-state index contributed by atoms with van der Waals surface area (Å²) in [7, 11) is -3.31. The van der Waals surface area contributed by atoms with Crippen molar-refractivity contribution in [2.45, 2.75) is 45.2 Å². The highest BCUT2D eigenvalue weighted by molar-refractivity contribution is 7.85. The summed E-state index contributed by atoms with van der Waals surface area (Å²) < 4.78 is 38.3. The van der Waals surface area contributed by atoms with Gasteiger partial charge in [-0.1, -0.05) is 19.8 Å². The van der Waals surface area contributed by atoms with Crippen LogP contribution in [-0.4, -0.2) is 27.5 Å². The van der Waals surface area contributed by atoms with Gasteiger partial charge in [0.15, 0.2) is 0 Å².